The van der Waals surface area contributed by atoms with E-state index >= 15 is 0 Å². The van der Waals surface area contributed by atoms with Gasteiger partial charge in [0, 0.05) is 30.4 Å². The fraction of sp³-hybridized carbons (Fsp3) is 0.684. The summed E-state index contributed by atoms with van der Waals surface area (Å²) in [5, 5.41) is 11.6. The number of carbonyl (C=O) groups is 2. The number of aromatic nitrogens is 1. The van der Waals surface area contributed by atoms with Crippen LogP contribution in [0.4, 0.5) is 0 Å². The van der Waals surface area contributed by atoms with Gasteiger partial charge in [0.1, 0.15) is 0 Å². The van der Waals surface area contributed by atoms with Crippen molar-refractivity contribution in [1.29, 1.82) is 0 Å². The first-order valence-corrected chi connectivity index (χ1v) is 9.19. The number of hydrogen-bond donors (Lipinski definition) is 2. The molecule has 1 amide bonds. The van der Waals surface area contributed by atoms with Crippen LogP contribution in [0.15, 0.2) is 6.07 Å². The van der Waals surface area contributed by atoms with E-state index < -0.39 is 5.97 Å². The molecule has 24 heavy (non-hydrogen) atoms. The van der Waals surface area contributed by atoms with E-state index in [0.29, 0.717) is 19.0 Å². The van der Waals surface area contributed by atoms with Crippen LogP contribution in [0, 0.1) is 13.8 Å². The molecular formula is C19H30N2O3. The Bertz CT molecular complexity index is 571. The molecule has 0 aliphatic heterocycles. The zero-order valence-electron chi connectivity index (χ0n) is 14.9. The molecule has 1 aromatic heterocycles. The molecule has 2 rings (SSSR count). The highest BCUT2D eigenvalue weighted by Crippen LogP contribution is 2.32. The van der Waals surface area contributed by atoms with Gasteiger partial charge in [-0.3, -0.25) is 9.59 Å². The number of hydrogen-bond acceptors (Lipinski definition) is 2. The van der Waals surface area contributed by atoms with Crippen molar-refractivity contribution >= 4 is 11.9 Å². The Kier molecular flexibility index (Phi) is 6.88. The number of carboxylic acid groups (broad SMARTS) is 1. The molecule has 1 aliphatic rings. The second-order valence-corrected chi connectivity index (χ2v) is 6.91. The van der Waals surface area contributed by atoms with Crippen LogP contribution in [0.2, 0.25) is 0 Å². The van der Waals surface area contributed by atoms with Crippen LogP contribution in [0.3, 0.4) is 0 Å². The van der Waals surface area contributed by atoms with Crippen molar-refractivity contribution in [1.82, 2.24) is 9.88 Å². The van der Waals surface area contributed by atoms with Crippen molar-refractivity contribution in [2.75, 3.05) is 6.54 Å². The number of carbonyl (C=O) groups excluding carboxylic acids is 1. The summed E-state index contributed by atoms with van der Waals surface area (Å²) in [6.45, 7) is 4.74. The number of unbranched alkanes of at least 4 members (excludes halogenated alkanes) is 2. The molecule has 1 aliphatic carbocycles. The number of aliphatic carboxylic acids is 1. The Balaban J connectivity index is 1.87. The van der Waals surface area contributed by atoms with Crippen LogP contribution in [0.5, 0.6) is 0 Å². The molecule has 0 aromatic carbocycles. The van der Waals surface area contributed by atoms with E-state index in [-0.39, 0.29) is 12.3 Å². The summed E-state index contributed by atoms with van der Waals surface area (Å²) < 4.78 is 2.35. The highest BCUT2D eigenvalue weighted by Gasteiger charge is 2.22. The van der Waals surface area contributed by atoms with Crippen molar-refractivity contribution < 1.29 is 14.7 Å². The first-order chi connectivity index (χ1) is 11.5. The van der Waals surface area contributed by atoms with Crippen LogP contribution in [-0.4, -0.2) is 28.1 Å². The molecule has 0 radical (unpaired) electrons. The van der Waals surface area contributed by atoms with Gasteiger partial charge in [-0.2, -0.15) is 0 Å². The number of aryl methyl sites for hydroxylation is 1. The molecule has 1 saturated carbocycles. The molecule has 1 heterocycles. The van der Waals surface area contributed by atoms with Gasteiger partial charge >= 0.3 is 5.97 Å². The quantitative estimate of drug-likeness (QED) is 0.706. The molecule has 0 atom stereocenters. The standard InChI is InChI=1S/C19H30N2O3/c1-14-13-17(15(2)21(14)16-9-5-3-6-10-16)19(24)20-12-8-4-7-11-18(22)23/h13,16H,3-12H2,1-2H3,(H,20,24)(H,22,23). The normalized spacial score (nSPS) is 15.4. The molecule has 5 heteroatoms. The average Bonchev–Trinajstić information content (AvgIpc) is 2.86. The second kappa shape index (κ2) is 8.90. The zero-order valence-corrected chi connectivity index (χ0v) is 14.9. The third-order valence-electron chi connectivity index (χ3n) is 5.02. The van der Waals surface area contributed by atoms with Crippen molar-refractivity contribution in [3.05, 3.63) is 23.0 Å². The van der Waals surface area contributed by atoms with Gasteiger partial charge in [0.15, 0.2) is 0 Å². The summed E-state index contributed by atoms with van der Waals surface area (Å²) in [6, 6.07) is 2.54. The van der Waals surface area contributed by atoms with Gasteiger partial charge in [0.05, 0.1) is 5.56 Å². The number of carboxylic acids is 1. The van der Waals surface area contributed by atoms with Crippen molar-refractivity contribution in [3.8, 4) is 0 Å². The Morgan fingerprint density at radius 2 is 1.88 bits per heavy atom. The Morgan fingerprint density at radius 3 is 2.54 bits per heavy atom. The van der Waals surface area contributed by atoms with Crippen LogP contribution < -0.4 is 5.32 Å². The number of amides is 1. The summed E-state index contributed by atoms with van der Waals surface area (Å²) in [7, 11) is 0. The monoisotopic (exact) mass is 334 g/mol. The Labute approximate surface area is 144 Å². The lowest BCUT2D eigenvalue weighted by Crippen LogP contribution is -2.25. The maximum absolute atomic E-state index is 12.4. The predicted octanol–water partition coefficient (Wildman–Crippen LogP) is 3.98. The van der Waals surface area contributed by atoms with Gasteiger partial charge in [-0.1, -0.05) is 25.7 Å². The number of rotatable bonds is 8. The van der Waals surface area contributed by atoms with Gasteiger partial charge < -0.3 is 15.0 Å². The molecule has 0 saturated heterocycles. The second-order valence-electron chi connectivity index (χ2n) is 6.91. The molecule has 0 spiro atoms. The number of nitrogens with one attached hydrogen (secondary N) is 1. The maximum atomic E-state index is 12.4. The van der Waals surface area contributed by atoms with Crippen molar-refractivity contribution in [3.63, 3.8) is 0 Å². The van der Waals surface area contributed by atoms with E-state index in [1.165, 1.54) is 37.8 Å². The fourth-order valence-corrected chi connectivity index (χ4v) is 3.78. The zero-order chi connectivity index (χ0) is 17.5. The smallest absolute Gasteiger partial charge is 0.303 e. The maximum Gasteiger partial charge on any atom is 0.303 e. The van der Waals surface area contributed by atoms with E-state index in [1.807, 2.05) is 13.0 Å². The molecule has 0 bridgehead atoms. The van der Waals surface area contributed by atoms with E-state index in [1.54, 1.807) is 0 Å². The third kappa shape index (κ3) is 4.86. The fourth-order valence-electron chi connectivity index (χ4n) is 3.78. The van der Waals surface area contributed by atoms with E-state index in [2.05, 4.69) is 16.8 Å². The van der Waals surface area contributed by atoms with Gasteiger partial charge in [-0.25, -0.2) is 0 Å². The van der Waals surface area contributed by atoms with Crippen molar-refractivity contribution in [2.45, 2.75) is 77.7 Å². The summed E-state index contributed by atoms with van der Waals surface area (Å²) in [5.41, 5.74) is 3.03. The summed E-state index contributed by atoms with van der Waals surface area (Å²) in [6.07, 6.45) is 8.82. The van der Waals surface area contributed by atoms with E-state index in [9.17, 15) is 9.59 Å². The van der Waals surface area contributed by atoms with Gasteiger partial charge in [0.25, 0.3) is 5.91 Å². The van der Waals surface area contributed by atoms with Gasteiger partial charge in [-0.15, -0.1) is 0 Å². The lowest BCUT2D eigenvalue weighted by molar-refractivity contribution is -0.137. The minimum absolute atomic E-state index is 0.0107. The minimum atomic E-state index is -0.755. The Hall–Kier alpha value is -1.78. The van der Waals surface area contributed by atoms with E-state index in [4.69, 9.17) is 5.11 Å². The topological polar surface area (TPSA) is 71.3 Å². The molecule has 5 nitrogen and oxygen atoms in total. The van der Waals surface area contributed by atoms with Gasteiger partial charge in [0.2, 0.25) is 0 Å². The SMILES string of the molecule is Cc1cc(C(=O)NCCCCCC(=O)O)c(C)n1C1CCCCC1. The highest BCUT2D eigenvalue weighted by atomic mass is 16.4. The van der Waals surface area contributed by atoms with Crippen molar-refractivity contribution in [2.24, 2.45) is 0 Å². The molecule has 0 unspecified atom stereocenters. The van der Waals surface area contributed by atoms with E-state index in [0.717, 1.165) is 24.1 Å². The van der Waals surface area contributed by atoms with Crippen LogP contribution >= 0.6 is 0 Å². The highest BCUT2D eigenvalue weighted by molar-refractivity contribution is 5.95. The molecule has 2 N–H and O–H groups in total. The summed E-state index contributed by atoms with van der Waals surface area (Å²) >= 11 is 0. The summed E-state index contributed by atoms with van der Waals surface area (Å²) in [4.78, 5) is 22.9. The molecule has 1 fully saturated rings. The molecule has 1 aromatic rings. The molecular weight excluding hydrogens is 304 g/mol. The lowest BCUT2D eigenvalue weighted by atomic mass is 9.95. The van der Waals surface area contributed by atoms with Gasteiger partial charge in [-0.05, 0) is 45.6 Å². The first-order valence-electron chi connectivity index (χ1n) is 9.19. The minimum Gasteiger partial charge on any atom is -0.481 e. The Morgan fingerprint density at radius 1 is 1.17 bits per heavy atom. The van der Waals surface area contributed by atoms with Crippen LogP contribution in [0.1, 0.15) is 85.6 Å². The predicted molar refractivity (Wildman–Crippen MR) is 94.5 cm³/mol. The number of nitrogens with zero attached hydrogens (tertiary/aromatic N) is 1. The largest absolute Gasteiger partial charge is 0.481 e. The van der Waals surface area contributed by atoms with Crippen LogP contribution in [-0.2, 0) is 4.79 Å². The molecule has 134 valence electrons. The van der Waals surface area contributed by atoms with Crippen LogP contribution in [0.25, 0.3) is 0 Å². The average molecular weight is 334 g/mol. The lowest BCUT2D eigenvalue weighted by Gasteiger charge is -2.26. The first kappa shape index (κ1) is 18.6. The summed E-state index contributed by atoms with van der Waals surface area (Å²) in [5.74, 6) is -0.766. The third-order valence-corrected chi connectivity index (χ3v) is 5.02.